The third-order valence-corrected chi connectivity index (χ3v) is 4.10. The third kappa shape index (κ3) is 5.84. The average Bonchev–Trinajstić information content (AvgIpc) is 3.23. The van der Waals surface area contributed by atoms with E-state index in [0.717, 1.165) is 24.8 Å². The fraction of sp³-hybridized carbons (Fsp3) is 0.389. The predicted octanol–water partition coefficient (Wildman–Crippen LogP) is 1.70. The zero-order valence-electron chi connectivity index (χ0n) is 15.2. The molecule has 1 N–H and O–H groups in total. The van der Waals surface area contributed by atoms with Gasteiger partial charge in [0.15, 0.2) is 11.7 Å². The van der Waals surface area contributed by atoms with E-state index >= 15 is 0 Å². The van der Waals surface area contributed by atoms with Crippen LogP contribution in [0.15, 0.2) is 52.3 Å². The van der Waals surface area contributed by atoms with Crippen LogP contribution in [0.3, 0.4) is 0 Å². The first-order valence-corrected chi connectivity index (χ1v) is 8.59. The van der Waals surface area contributed by atoms with Gasteiger partial charge in [0.05, 0.1) is 19.0 Å². The number of carbonyl (C=O) groups is 1. The van der Waals surface area contributed by atoms with Crippen LogP contribution in [0.1, 0.15) is 10.6 Å². The van der Waals surface area contributed by atoms with Crippen molar-refractivity contribution in [3.05, 3.63) is 48.7 Å². The van der Waals surface area contributed by atoms with Gasteiger partial charge in [-0.1, -0.05) is 0 Å². The number of hydrogen-bond acceptors (Lipinski definition) is 5. The summed E-state index contributed by atoms with van der Waals surface area (Å²) in [6.45, 7) is 3.85. The highest BCUT2D eigenvalue weighted by Crippen LogP contribution is 2.09. The number of carbonyl (C=O) groups excluding carboxylic acids is 1. The summed E-state index contributed by atoms with van der Waals surface area (Å²) in [5.74, 6) is 1.87. The van der Waals surface area contributed by atoms with Gasteiger partial charge < -0.3 is 24.3 Å². The molecule has 1 amide bonds. The van der Waals surface area contributed by atoms with E-state index in [1.54, 1.807) is 36.5 Å². The van der Waals surface area contributed by atoms with Crippen molar-refractivity contribution < 1.29 is 13.9 Å². The summed E-state index contributed by atoms with van der Waals surface area (Å²) in [5, 5.41) is 3.29. The minimum atomic E-state index is -0.0672. The van der Waals surface area contributed by atoms with Crippen LogP contribution in [-0.4, -0.2) is 73.0 Å². The fourth-order valence-corrected chi connectivity index (χ4v) is 2.77. The number of furan rings is 1. The van der Waals surface area contributed by atoms with Crippen LogP contribution >= 0.6 is 24.0 Å². The fourth-order valence-electron chi connectivity index (χ4n) is 2.77. The zero-order chi connectivity index (χ0) is 18.2. The number of nitrogens with one attached hydrogen (secondary N) is 1. The van der Waals surface area contributed by atoms with Gasteiger partial charge in [-0.15, -0.1) is 24.0 Å². The van der Waals surface area contributed by atoms with Crippen LogP contribution in [0.25, 0.3) is 0 Å². The summed E-state index contributed by atoms with van der Waals surface area (Å²) < 4.78 is 10.8. The number of piperazine rings is 1. The number of aromatic nitrogens is 1. The van der Waals surface area contributed by atoms with E-state index in [1.807, 2.05) is 12.1 Å². The Morgan fingerprint density at radius 1 is 1.26 bits per heavy atom. The lowest BCUT2D eigenvalue weighted by Crippen LogP contribution is -2.54. The number of halogens is 1. The summed E-state index contributed by atoms with van der Waals surface area (Å²) in [6.07, 6.45) is 4.91. The van der Waals surface area contributed by atoms with Gasteiger partial charge in [0.1, 0.15) is 12.4 Å². The highest BCUT2D eigenvalue weighted by Gasteiger charge is 2.24. The molecular weight excluding hydrogens is 461 g/mol. The average molecular weight is 485 g/mol. The van der Waals surface area contributed by atoms with E-state index in [0.29, 0.717) is 32.0 Å². The largest absolute Gasteiger partial charge is 0.490 e. The molecule has 9 heteroatoms. The van der Waals surface area contributed by atoms with Crippen molar-refractivity contribution in [2.24, 2.45) is 4.99 Å². The quantitative estimate of drug-likeness (QED) is 0.301. The predicted molar refractivity (Wildman–Crippen MR) is 113 cm³/mol. The summed E-state index contributed by atoms with van der Waals surface area (Å²) in [7, 11) is 1.75. The summed E-state index contributed by atoms with van der Waals surface area (Å²) in [6, 6.07) is 7.13. The second-order valence-corrected chi connectivity index (χ2v) is 5.77. The van der Waals surface area contributed by atoms with Crippen molar-refractivity contribution in [2.45, 2.75) is 0 Å². The van der Waals surface area contributed by atoms with E-state index in [4.69, 9.17) is 9.15 Å². The Bertz CT molecular complexity index is 716. The Morgan fingerprint density at radius 3 is 2.67 bits per heavy atom. The van der Waals surface area contributed by atoms with Crippen LogP contribution < -0.4 is 10.1 Å². The van der Waals surface area contributed by atoms with Crippen molar-refractivity contribution in [1.29, 1.82) is 0 Å². The summed E-state index contributed by atoms with van der Waals surface area (Å²) >= 11 is 0. The number of hydrogen-bond donors (Lipinski definition) is 1. The number of aliphatic imine (C=N–C) groups is 1. The van der Waals surface area contributed by atoms with Crippen molar-refractivity contribution >= 4 is 35.8 Å². The lowest BCUT2D eigenvalue weighted by atomic mass is 10.3. The Kier molecular flexibility index (Phi) is 8.37. The van der Waals surface area contributed by atoms with Crippen molar-refractivity contribution in [1.82, 2.24) is 20.1 Å². The number of nitrogens with zero attached hydrogens (tertiary/aromatic N) is 4. The molecule has 27 heavy (non-hydrogen) atoms. The first kappa shape index (κ1) is 21.0. The molecule has 0 aromatic carbocycles. The Balaban J connectivity index is 0.00000261. The van der Waals surface area contributed by atoms with Gasteiger partial charge in [-0.05, 0) is 24.3 Å². The molecule has 0 aliphatic carbocycles. The lowest BCUT2D eigenvalue weighted by Gasteiger charge is -2.36. The van der Waals surface area contributed by atoms with Gasteiger partial charge in [-0.25, -0.2) is 0 Å². The number of amides is 1. The minimum Gasteiger partial charge on any atom is -0.490 e. The maximum absolute atomic E-state index is 12.3. The van der Waals surface area contributed by atoms with Crippen molar-refractivity contribution in [3.63, 3.8) is 0 Å². The Hall–Kier alpha value is -2.30. The van der Waals surface area contributed by atoms with Gasteiger partial charge in [0.2, 0.25) is 0 Å². The highest BCUT2D eigenvalue weighted by atomic mass is 127. The molecular formula is C18H24IN5O3. The van der Waals surface area contributed by atoms with Gasteiger partial charge in [0.25, 0.3) is 5.91 Å². The molecule has 3 heterocycles. The van der Waals surface area contributed by atoms with Gasteiger partial charge >= 0.3 is 0 Å². The second kappa shape index (κ2) is 10.8. The molecule has 0 spiro atoms. The maximum atomic E-state index is 12.3. The molecule has 1 fully saturated rings. The van der Waals surface area contributed by atoms with E-state index in [9.17, 15) is 4.79 Å². The van der Waals surface area contributed by atoms with Crippen LogP contribution in [0.4, 0.5) is 0 Å². The molecule has 0 saturated carbocycles. The van der Waals surface area contributed by atoms with Gasteiger partial charge in [-0.3, -0.25) is 14.8 Å². The molecule has 0 unspecified atom stereocenters. The number of rotatable bonds is 5. The van der Waals surface area contributed by atoms with Crippen LogP contribution in [0, 0.1) is 0 Å². The summed E-state index contributed by atoms with van der Waals surface area (Å²) in [5.41, 5.74) is 0. The topological polar surface area (TPSA) is 83.2 Å². The van der Waals surface area contributed by atoms with Crippen molar-refractivity contribution in [2.75, 3.05) is 46.4 Å². The van der Waals surface area contributed by atoms with Gasteiger partial charge in [0, 0.05) is 39.4 Å². The Labute approximate surface area is 175 Å². The normalized spacial score (nSPS) is 14.5. The highest BCUT2D eigenvalue weighted by molar-refractivity contribution is 14.0. The second-order valence-electron chi connectivity index (χ2n) is 5.77. The molecule has 0 atom stereocenters. The molecule has 146 valence electrons. The molecule has 1 aliphatic heterocycles. The molecule has 0 bridgehead atoms. The Morgan fingerprint density at radius 2 is 2.04 bits per heavy atom. The van der Waals surface area contributed by atoms with E-state index in [-0.39, 0.29) is 29.9 Å². The SMILES string of the molecule is CN=C(NCCOc1cccnc1)N1CCN(C(=O)c2ccco2)CC1.I. The van der Waals surface area contributed by atoms with E-state index in [1.165, 1.54) is 6.26 Å². The monoisotopic (exact) mass is 485 g/mol. The van der Waals surface area contributed by atoms with Crippen molar-refractivity contribution in [3.8, 4) is 5.75 Å². The molecule has 1 aliphatic rings. The zero-order valence-corrected chi connectivity index (χ0v) is 17.5. The molecule has 8 nitrogen and oxygen atoms in total. The lowest BCUT2D eigenvalue weighted by molar-refractivity contribution is 0.0657. The van der Waals surface area contributed by atoms with E-state index < -0.39 is 0 Å². The number of ether oxygens (including phenoxy) is 1. The molecule has 0 radical (unpaired) electrons. The first-order chi connectivity index (χ1) is 12.8. The first-order valence-electron chi connectivity index (χ1n) is 8.59. The maximum Gasteiger partial charge on any atom is 0.289 e. The smallest absolute Gasteiger partial charge is 0.289 e. The molecule has 2 aromatic heterocycles. The van der Waals surface area contributed by atoms with E-state index in [2.05, 4.69) is 20.2 Å². The number of guanidine groups is 1. The van der Waals surface area contributed by atoms with Crippen LogP contribution in [0.5, 0.6) is 5.75 Å². The number of pyridine rings is 1. The third-order valence-electron chi connectivity index (χ3n) is 4.10. The molecule has 2 aromatic rings. The standard InChI is InChI=1S/C18H23N5O3.HI/c1-19-18(21-7-13-25-15-4-2-6-20-14-15)23-10-8-22(9-11-23)17(24)16-5-3-12-26-16;/h2-6,12,14H,7-11,13H2,1H3,(H,19,21);1H. The molecule has 1 saturated heterocycles. The van der Waals surface area contributed by atoms with Crippen LogP contribution in [0.2, 0.25) is 0 Å². The van der Waals surface area contributed by atoms with Crippen LogP contribution in [-0.2, 0) is 0 Å². The summed E-state index contributed by atoms with van der Waals surface area (Å²) in [4.78, 5) is 24.6. The van der Waals surface area contributed by atoms with Gasteiger partial charge in [-0.2, -0.15) is 0 Å². The minimum absolute atomic E-state index is 0. The molecule has 3 rings (SSSR count).